The van der Waals surface area contributed by atoms with Crippen LogP contribution in [0.5, 0.6) is 11.5 Å². The first-order valence-electron chi connectivity index (χ1n) is 14.0. The topological polar surface area (TPSA) is 119 Å². The number of anilines is 1. The van der Waals surface area contributed by atoms with E-state index in [1.54, 1.807) is 25.1 Å². The number of hydrogen-bond acceptors (Lipinski definition) is 10. The number of ketones is 1. The number of thioether (sulfide) groups is 1. The molecule has 0 bridgehead atoms. The van der Waals surface area contributed by atoms with E-state index < -0.39 is 17.7 Å². The number of imidazole rings is 1. The number of methoxy groups -OCH3 is 1. The standard InChI is InChI=1S/C32H28ClN5O5S2/c1-5-43-22-13-12-19(15-23(22)42-4)26-24(27(39)25-18(3)37-14-8-9-17(2)29(37)34-25)28(40)30(41)38(26)31-35-36-32(45-31)44-16-20-10-6-7-11-21(20)33/h6-15,26,39H,5,16H2,1-4H3. The van der Waals surface area contributed by atoms with Gasteiger partial charge in [0.15, 0.2) is 21.6 Å². The van der Waals surface area contributed by atoms with Gasteiger partial charge in [0.1, 0.15) is 11.3 Å². The van der Waals surface area contributed by atoms with Gasteiger partial charge in [0.25, 0.3) is 5.78 Å². The summed E-state index contributed by atoms with van der Waals surface area (Å²) >= 11 is 8.91. The fourth-order valence-electron chi connectivity index (χ4n) is 5.26. The van der Waals surface area contributed by atoms with Crippen molar-refractivity contribution in [1.82, 2.24) is 19.6 Å². The lowest BCUT2D eigenvalue weighted by molar-refractivity contribution is -0.132. The number of nitrogens with zero attached hydrogens (tertiary/aromatic N) is 5. The molecule has 1 unspecified atom stereocenters. The van der Waals surface area contributed by atoms with Crippen molar-refractivity contribution in [2.24, 2.45) is 0 Å². The molecule has 1 saturated heterocycles. The van der Waals surface area contributed by atoms with Gasteiger partial charge >= 0.3 is 5.91 Å². The summed E-state index contributed by atoms with van der Waals surface area (Å²) in [6.07, 6.45) is 1.83. The molecule has 1 atom stereocenters. The first kappa shape index (κ1) is 30.6. The molecule has 4 heterocycles. The van der Waals surface area contributed by atoms with Crippen LogP contribution in [0.2, 0.25) is 5.02 Å². The second-order valence-electron chi connectivity index (χ2n) is 10.2. The molecule has 6 rings (SSSR count). The summed E-state index contributed by atoms with van der Waals surface area (Å²) in [4.78, 5) is 33.5. The van der Waals surface area contributed by atoms with E-state index in [0.29, 0.717) is 50.1 Å². The minimum Gasteiger partial charge on any atom is -0.505 e. The van der Waals surface area contributed by atoms with Crippen molar-refractivity contribution >= 4 is 62.9 Å². The quantitative estimate of drug-likeness (QED) is 0.0599. The van der Waals surface area contributed by atoms with E-state index in [0.717, 1.165) is 11.1 Å². The maximum absolute atomic E-state index is 13.8. The normalized spacial score (nSPS) is 16.1. The van der Waals surface area contributed by atoms with Gasteiger partial charge < -0.3 is 19.0 Å². The number of rotatable bonds is 9. The van der Waals surface area contributed by atoms with E-state index in [1.165, 1.54) is 35.1 Å². The molecule has 0 radical (unpaired) electrons. The molecule has 1 amide bonds. The van der Waals surface area contributed by atoms with Gasteiger partial charge in [-0.15, -0.1) is 10.2 Å². The molecule has 1 fully saturated rings. The number of fused-ring (bicyclic) bond motifs is 1. The predicted octanol–water partition coefficient (Wildman–Crippen LogP) is 6.78. The molecule has 1 aliphatic heterocycles. The number of carbonyl (C=O) groups excluding carboxylic acids is 2. The lowest BCUT2D eigenvalue weighted by Gasteiger charge is -2.23. The van der Waals surface area contributed by atoms with E-state index in [4.69, 9.17) is 21.1 Å². The summed E-state index contributed by atoms with van der Waals surface area (Å²) in [5.41, 5.74) is 3.68. The number of ether oxygens (including phenoxy) is 2. The minimum atomic E-state index is -1.05. The van der Waals surface area contributed by atoms with Gasteiger partial charge in [-0.1, -0.05) is 65.0 Å². The Labute approximate surface area is 272 Å². The Morgan fingerprint density at radius 2 is 1.89 bits per heavy atom. The largest absolute Gasteiger partial charge is 0.505 e. The van der Waals surface area contributed by atoms with E-state index in [1.807, 2.05) is 60.8 Å². The molecule has 1 aliphatic rings. The molecule has 0 saturated carbocycles. The number of pyridine rings is 1. The number of aliphatic hydroxyl groups is 1. The van der Waals surface area contributed by atoms with Crippen molar-refractivity contribution in [3.63, 3.8) is 0 Å². The molecule has 3 aromatic heterocycles. The summed E-state index contributed by atoms with van der Waals surface area (Å²) in [5, 5.41) is 21.2. The van der Waals surface area contributed by atoms with Gasteiger partial charge in [-0.2, -0.15) is 0 Å². The van der Waals surface area contributed by atoms with Crippen molar-refractivity contribution in [1.29, 1.82) is 0 Å². The van der Waals surface area contributed by atoms with Crippen LogP contribution in [0, 0.1) is 13.8 Å². The fraction of sp³-hybridized carbons (Fsp3) is 0.219. The van der Waals surface area contributed by atoms with Crippen LogP contribution in [-0.4, -0.2) is 50.1 Å². The number of aryl methyl sites for hydroxylation is 2. The Morgan fingerprint density at radius 1 is 1.09 bits per heavy atom. The smallest absolute Gasteiger partial charge is 0.301 e. The van der Waals surface area contributed by atoms with Crippen LogP contribution in [0.15, 0.2) is 70.7 Å². The van der Waals surface area contributed by atoms with Crippen LogP contribution in [0.1, 0.15) is 41.0 Å². The maximum Gasteiger partial charge on any atom is 0.301 e. The van der Waals surface area contributed by atoms with Gasteiger partial charge in [0, 0.05) is 17.0 Å². The van der Waals surface area contributed by atoms with Crippen LogP contribution < -0.4 is 14.4 Å². The first-order chi connectivity index (χ1) is 21.7. The number of aliphatic hydroxyl groups excluding tert-OH is 1. The van der Waals surface area contributed by atoms with E-state index >= 15 is 0 Å². The van der Waals surface area contributed by atoms with Gasteiger partial charge in [0.2, 0.25) is 5.13 Å². The Balaban J connectivity index is 1.47. The number of Topliss-reactive ketones (excluding diaryl/α,β-unsaturated/α-hetero) is 1. The molecule has 10 nitrogen and oxygen atoms in total. The van der Waals surface area contributed by atoms with Crippen molar-refractivity contribution in [3.05, 3.63) is 99.5 Å². The zero-order valence-corrected chi connectivity index (χ0v) is 27.2. The van der Waals surface area contributed by atoms with Gasteiger partial charge in [-0.05, 0) is 61.7 Å². The summed E-state index contributed by atoms with van der Waals surface area (Å²) in [6, 6.07) is 15.4. The number of amides is 1. The summed E-state index contributed by atoms with van der Waals surface area (Å²) in [5.74, 6) is -0.634. The lowest BCUT2D eigenvalue weighted by Crippen LogP contribution is -2.29. The number of carbonyl (C=O) groups is 2. The molecule has 2 aromatic carbocycles. The van der Waals surface area contributed by atoms with Crippen molar-refractivity contribution < 1.29 is 24.2 Å². The van der Waals surface area contributed by atoms with E-state index in [9.17, 15) is 14.7 Å². The monoisotopic (exact) mass is 661 g/mol. The summed E-state index contributed by atoms with van der Waals surface area (Å²) < 4.78 is 13.7. The Morgan fingerprint density at radius 3 is 2.62 bits per heavy atom. The lowest BCUT2D eigenvalue weighted by atomic mass is 9.96. The zero-order valence-electron chi connectivity index (χ0n) is 24.8. The fourth-order valence-corrected chi connectivity index (χ4v) is 7.41. The third kappa shape index (κ3) is 5.54. The SMILES string of the molecule is CCOc1ccc(C2C(=C(O)c3nc4c(C)cccn4c3C)C(=O)C(=O)N2c2nnc(SCc3ccccc3Cl)s2)cc1OC. The van der Waals surface area contributed by atoms with Gasteiger partial charge in [0.05, 0.1) is 31.0 Å². The zero-order chi connectivity index (χ0) is 31.8. The number of benzene rings is 2. The summed E-state index contributed by atoms with van der Waals surface area (Å²) in [6.45, 7) is 5.98. The molecule has 5 aromatic rings. The van der Waals surface area contributed by atoms with Crippen LogP contribution in [0.25, 0.3) is 11.4 Å². The van der Waals surface area contributed by atoms with Gasteiger partial charge in [-0.25, -0.2) is 4.98 Å². The highest BCUT2D eigenvalue weighted by Crippen LogP contribution is 2.46. The molecular weight excluding hydrogens is 634 g/mol. The molecule has 230 valence electrons. The van der Waals surface area contributed by atoms with Crippen LogP contribution >= 0.6 is 34.7 Å². The Hall–Kier alpha value is -4.39. The highest BCUT2D eigenvalue weighted by atomic mass is 35.5. The number of aromatic nitrogens is 4. The molecule has 0 aliphatic carbocycles. The minimum absolute atomic E-state index is 0.115. The molecule has 13 heteroatoms. The predicted molar refractivity (Wildman–Crippen MR) is 175 cm³/mol. The van der Waals surface area contributed by atoms with E-state index in [2.05, 4.69) is 15.2 Å². The maximum atomic E-state index is 13.8. The van der Waals surface area contributed by atoms with Crippen LogP contribution in [-0.2, 0) is 15.3 Å². The van der Waals surface area contributed by atoms with Gasteiger partial charge in [-0.3, -0.25) is 14.5 Å². The van der Waals surface area contributed by atoms with Crippen LogP contribution in [0.4, 0.5) is 5.13 Å². The second-order valence-corrected chi connectivity index (χ2v) is 12.8. The first-order valence-corrected chi connectivity index (χ1v) is 16.2. The molecular formula is C32H28ClN5O5S2. The third-order valence-corrected chi connectivity index (χ3v) is 9.94. The molecule has 1 N–H and O–H groups in total. The second kappa shape index (κ2) is 12.5. The average Bonchev–Trinajstić information content (AvgIpc) is 3.72. The summed E-state index contributed by atoms with van der Waals surface area (Å²) in [7, 11) is 1.51. The highest BCUT2D eigenvalue weighted by Gasteiger charge is 2.49. The molecule has 45 heavy (non-hydrogen) atoms. The van der Waals surface area contributed by atoms with Crippen molar-refractivity contribution in [2.75, 3.05) is 18.6 Å². The molecule has 0 spiro atoms. The third-order valence-electron chi connectivity index (χ3n) is 7.47. The van der Waals surface area contributed by atoms with E-state index in [-0.39, 0.29) is 22.2 Å². The van der Waals surface area contributed by atoms with Crippen LogP contribution in [0.3, 0.4) is 0 Å². The van der Waals surface area contributed by atoms with Crippen molar-refractivity contribution in [3.8, 4) is 11.5 Å². The number of halogens is 1. The Bertz CT molecular complexity index is 1990. The van der Waals surface area contributed by atoms with Crippen molar-refractivity contribution in [2.45, 2.75) is 36.9 Å². The Kier molecular flexibility index (Phi) is 8.54. The highest BCUT2D eigenvalue weighted by molar-refractivity contribution is 8.00. The average molecular weight is 662 g/mol. The number of hydrogen-bond donors (Lipinski definition) is 1.